The summed E-state index contributed by atoms with van der Waals surface area (Å²) in [6.45, 7) is 5.83. The van der Waals surface area contributed by atoms with Gasteiger partial charge in [0.05, 0.1) is 0 Å². The van der Waals surface area contributed by atoms with E-state index in [-0.39, 0.29) is 6.61 Å². The number of carbonyl (C=O) groups is 1. The first-order valence-electron chi connectivity index (χ1n) is 6.51. The predicted molar refractivity (Wildman–Crippen MR) is 78.2 cm³/mol. The lowest BCUT2D eigenvalue weighted by atomic mass is 10.1. The standard InChI is InChI=1S/C17H18O3/c1-12-4-6-15(7-5-12)19-11-17(18)20-16-9-13(2)8-14(3)10-16/h4-10H,11H2,1-3H3. The highest BCUT2D eigenvalue weighted by Gasteiger charge is 2.07. The second-order valence-corrected chi connectivity index (χ2v) is 4.90. The molecule has 0 radical (unpaired) electrons. The van der Waals surface area contributed by atoms with E-state index in [9.17, 15) is 4.79 Å². The molecule has 0 amide bonds. The molecule has 0 unspecified atom stereocenters. The Morgan fingerprint density at radius 3 is 2.05 bits per heavy atom. The molecule has 0 saturated heterocycles. The van der Waals surface area contributed by atoms with Gasteiger partial charge in [-0.05, 0) is 56.2 Å². The van der Waals surface area contributed by atoms with Crippen LogP contribution in [0.1, 0.15) is 16.7 Å². The predicted octanol–water partition coefficient (Wildman–Crippen LogP) is 3.60. The van der Waals surface area contributed by atoms with Gasteiger partial charge in [-0.2, -0.15) is 0 Å². The molecule has 0 N–H and O–H groups in total. The Labute approximate surface area is 119 Å². The maximum atomic E-state index is 11.7. The Hall–Kier alpha value is -2.29. The number of rotatable bonds is 4. The lowest BCUT2D eigenvalue weighted by Gasteiger charge is -2.08. The summed E-state index contributed by atoms with van der Waals surface area (Å²) in [6, 6.07) is 13.2. The molecular weight excluding hydrogens is 252 g/mol. The van der Waals surface area contributed by atoms with Crippen LogP contribution in [0.15, 0.2) is 42.5 Å². The molecule has 3 heteroatoms. The highest BCUT2D eigenvalue weighted by atomic mass is 16.6. The summed E-state index contributed by atoms with van der Waals surface area (Å²) in [7, 11) is 0. The van der Waals surface area contributed by atoms with Gasteiger partial charge in [-0.3, -0.25) is 0 Å². The van der Waals surface area contributed by atoms with E-state index in [1.165, 1.54) is 0 Å². The van der Waals surface area contributed by atoms with E-state index < -0.39 is 5.97 Å². The number of esters is 1. The molecule has 0 heterocycles. The van der Waals surface area contributed by atoms with E-state index in [0.717, 1.165) is 16.7 Å². The average Bonchev–Trinajstić information content (AvgIpc) is 2.37. The van der Waals surface area contributed by atoms with Gasteiger partial charge in [0.15, 0.2) is 6.61 Å². The van der Waals surface area contributed by atoms with Gasteiger partial charge in [0.1, 0.15) is 11.5 Å². The number of benzene rings is 2. The van der Waals surface area contributed by atoms with Gasteiger partial charge in [-0.1, -0.05) is 23.8 Å². The molecule has 2 rings (SSSR count). The van der Waals surface area contributed by atoms with Crippen molar-refractivity contribution in [2.75, 3.05) is 6.61 Å². The quantitative estimate of drug-likeness (QED) is 0.629. The number of aryl methyl sites for hydroxylation is 3. The van der Waals surface area contributed by atoms with Crippen molar-refractivity contribution in [3.8, 4) is 11.5 Å². The normalized spacial score (nSPS) is 10.2. The Kier molecular flexibility index (Phi) is 4.41. The SMILES string of the molecule is Cc1ccc(OCC(=O)Oc2cc(C)cc(C)c2)cc1. The Bertz CT molecular complexity index is 580. The zero-order valence-corrected chi connectivity index (χ0v) is 12.0. The van der Waals surface area contributed by atoms with E-state index in [1.54, 1.807) is 0 Å². The van der Waals surface area contributed by atoms with Crippen LogP contribution in [0.3, 0.4) is 0 Å². The van der Waals surface area contributed by atoms with Gasteiger partial charge >= 0.3 is 5.97 Å². The summed E-state index contributed by atoms with van der Waals surface area (Å²) in [5.41, 5.74) is 3.27. The fourth-order valence-corrected chi connectivity index (χ4v) is 1.93. The van der Waals surface area contributed by atoms with Gasteiger partial charge < -0.3 is 9.47 Å². The molecule has 0 bridgehead atoms. The van der Waals surface area contributed by atoms with Crippen LogP contribution in [0, 0.1) is 20.8 Å². The monoisotopic (exact) mass is 270 g/mol. The average molecular weight is 270 g/mol. The van der Waals surface area contributed by atoms with Crippen LogP contribution in [-0.2, 0) is 4.79 Å². The third kappa shape index (κ3) is 4.12. The summed E-state index contributed by atoms with van der Waals surface area (Å²) in [4.78, 5) is 11.7. The molecule has 2 aromatic rings. The van der Waals surface area contributed by atoms with E-state index in [2.05, 4.69) is 0 Å². The van der Waals surface area contributed by atoms with Crippen LogP contribution in [0.4, 0.5) is 0 Å². The second-order valence-electron chi connectivity index (χ2n) is 4.90. The van der Waals surface area contributed by atoms with Crippen molar-refractivity contribution in [2.45, 2.75) is 20.8 Å². The Morgan fingerprint density at radius 1 is 0.850 bits per heavy atom. The molecule has 0 fully saturated rings. The minimum Gasteiger partial charge on any atom is -0.482 e. The van der Waals surface area contributed by atoms with Crippen LogP contribution in [0.25, 0.3) is 0 Å². The topological polar surface area (TPSA) is 35.5 Å². The Balaban J connectivity index is 1.90. The second kappa shape index (κ2) is 6.24. The molecule has 20 heavy (non-hydrogen) atoms. The van der Waals surface area contributed by atoms with Crippen LogP contribution in [0.2, 0.25) is 0 Å². The summed E-state index contributed by atoms with van der Waals surface area (Å²) in [5.74, 6) is 0.809. The smallest absolute Gasteiger partial charge is 0.349 e. The summed E-state index contributed by atoms with van der Waals surface area (Å²) < 4.78 is 10.6. The summed E-state index contributed by atoms with van der Waals surface area (Å²) in [6.07, 6.45) is 0. The molecule has 0 aliphatic rings. The molecule has 104 valence electrons. The van der Waals surface area contributed by atoms with Crippen molar-refractivity contribution < 1.29 is 14.3 Å². The van der Waals surface area contributed by atoms with Crippen molar-refractivity contribution in [1.29, 1.82) is 0 Å². The molecular formula is C17H18O3. The maximum absolute atomic E-state index is 11.7. The molecule has 0 aliphatic carbocycles. The van der Waals surface area contributed by atoms with E-state index in [1.807, 2.05) is 63.2 Å². The van der Waals surface area contributed by atoms with Crippen molar-refractivity contribution in [1.82, 2.24) is 0 Å². The lowest BCUT2D eigenvalue weighted by molar-refractivity contribution is -0.136. The number of hydrogen-bond acceptors (Lipinski definition) is 3. The fraction of sp³-hybridized carbons (Fsp3) is 0.235. The highest BCUT2D eigenvalue weighted by molar-refractivity contribution is 5.74. The van der Waals surface area contributed by atoms with E-state index in [0.29, 0.717) is 11.5 Å². The van der Waals surface area contributed by atoms with Gasteiger partial charge in [0.25, 0.3) is 0 Å². The van der Waals surface area contributed by atoms with Crippen LogP contribution in [0.5, 0.6) is 11.5 Å². The molecule has 3 nitrogen and oxygen atoms in total. The van der Waals surface area contributed by atoms with Crippen molar-refractivity contribution in [3.63, 3.8) is 0 Å². The van der Waals surface area contributed by atoms with Crippen LogP contribution >= 0.6 is 0 Å². The van der Waals surface area contributed by atoms with Gasteiger partial charge in [-0.25, -0.2) is 4.79 Å². The van der Waals surface area contributed by atoms with E-state index in [4.69, 9.17) is 9.47 Å². The van der Waals surface area contributed by atoms with Gasteiger partial charge in [0.2, 0.25) is 0 Å². The molecule has 0 aliphatic heterocycles. The molecule has 0 spiro atoms. The zero-order chi connectivity index (χ0) is 14.5. The minimum absolute atomic E-state index is 0.101. The summed E-state index contributed by atoms with van der Waals surface area (Å²) >= 11 is 0. The van der Waals surface area contributed by atoms with Crippen molar-refractivity contribution in [3.05, 3.63) is 59.2 Å². The molecule has 0 atom stereocenters. The van der Waals surface area contributed by atoms with Crippen LogP contribution in [-0.4, -0.2) is 12.6 Å². The number of carbonyl (C=O) groups excluding carboxylic acids is 1. The molecule has 2 aromatic carbocycles. The van der Waals surface area contributed by atoms with Gasteiger partial charge in [0, 0.05) is 0 Å². The zero-order valence-electron chi connectivity index (χ0n) is 12.0. The maximum Gasteiger partial charge on any atom is 0.349 e. The van der Waals surface area contributed by atoms with Crippen molar-refractivity contribution >= 4 is 5.97 Å². The summed E-state index contributed by atoms with van der Waals surface area (Å²) in [5, 5.41) is 0. The number of hydrogen-bond donors (Lipinski definition) is 0. The third-order valence-electron chi connectivity index (χ3n) is 2.80. The third-order valence-corrected chi connectivity index (χ3v) is 2.80. The van der Waals surface area contributed by atoms with Crippen LogP contribution < -0.4 is 9.47 Å². The fourth-order valence-electron chi connectivity index (χ4n) is 1.93. The minimum atomic E-state index is -0.407. The highest BCUT2D eigenvalue weighted by Crippen LogP contribution is 2.17. The Morgan fingerprint density at radius 2 is 1.45 bits per heavy atom. The van der Waals surface area contributed by atoms with E-state index >= 15 is 0 Å². The lowest BCUT2D eigenvalue weighted by Crippen LogP contribution is -2.17. The van der Waals surface area contributed by atoms with Crippen molar-refractivity contribution in [2.24, 2.45) is 0 Å². The first-order valence-corrected chi connectivity index (χ1v) is 6.51. The molecule has 0 aromatic heterocycles. The number of ether oxygens (including phenoxy) is 2. The first-order chi connectivity index (χ1) is 9.52. The first kappa shape index (κ1) is 14.1. The van der Waals surface area contributed by atoms with Gasteiger partial charge in [-0.15, -0.1) is 0 Å². The largest absolute Gasteiger partial charge is 0.482 e. The molecule has 0 saturated carbocycles.